The number of rotatable bonds is 9. The zero-order valence-electron chi connectivity index (χ0n) is 13.0. The minimum absolute atomic E-state index is 0.0497. The number of ether oxygens (including phenoxy) is 2. The van der Waals surface area contributed by atoms with Crippen LogP contribution in [-0.4, -0.2) is 63.8 Å². The van der Waals surface area contributed by atoms with Crippen molar-refractivity contribution >= 4 is 0 Å². The van der Waals surface area contributed by atoms with Gasteiger partial charge in [-0.05, 0) is 12.8 Å². The average molecular weight is 306 g/mol. The molecule has 0 aromatic heterocycles. The van der Waals surface area contributed by atoms with E-state index in [0.717, 1.165) is 38.5 Å². The number of unbranched alkanes of at least 4 members (excludes halogenated alkanes) is 2. The lowest BCUT2D eigenvalue weighted by Gasteiger charge is -2.41. The molecule has 1 rings (SSSR count). The first-order valence-electron chi connectivity index (χ1n) is 8.01. The van der Waals surface area contributed by atoms with Crippen LogP contribution in [-0.2, 0) is 9.47 Å². The SMILES string of the molecule is CCCCC(CCCC)O[C@@H]1O[C@H](CO)[C@@H](O)[C@H](O)[C@H]1O. The molecule has 0 aromatic carbocycles. The minimum atomic E-state index is -1.38. The van der Waals surface area contributed by atoms with Crippen LogP contribution in [0.5, 0.6) is 0 Å². The molecule has 0 spiro atoms. The normalized spacial score (nSPS) is 33.6. The highest BCUT2D eigenvalue weighted by Crippen LogP contribution is 2.25. The molecule has 1 aliphatic heterocycles. The zero-order chi connectivity index (χ0) is 15.8. The second kappa shape index (κ2) is 9.71. The lowest BCUT2D eigenvalue weighted by molar-refractivity contribution is -0.312. The summed E-state index contributed by atoms with van der Waals surface area (Å²) >= 11 is 0. The molecule has 1 aliphatic rings. The van der Waals surface area contributed by atoms with Gasteiger partial charge < -0.3 is 29.9 Å². The third-order valence-electron chi connectivity index (χ3n) is 3.93. The van der Waals surface area contributed by atoms with E-state index in [0.29, 0.717) is 0 Å². The lowest BCUT2D eigenvalue weighted by Crippen LogP contribution is -2.59. The molecule has 4 N–H and O–H groups in total. The molecule has 0 aliphatic carbocycles. The van der Waals surface area contributed by atoms with Crippen LogP contribution >= 0.6 is 0 Å². The molecule has 0 aromatic rings. The summed E-state index contributed by atoms with van der Waals surface area (Å²) in [6, 6.07) is 0. The first-order valence-corrected chi connectivity index (χ1v) is 8.01. The van der Waals surface area contributed by atoms with Gasteiger partial charge in [-0.15, -0.1) is 0 Å². The van der Waals surface area contributed by atoms with Crippen LogP contribution in [0.2, 0.25) is 0 Å². The van der Waals surface area contributed by atoms with Gasteiger partial charge in [-0.25, -0.2) is 0 Å². The first-order chi connectivity index (χ1) is 10.0. The molecule has 126 valence electrons. The summed E-state index contributed by atoms with van der Waals surface area (Å²) in [6.07, 6.45) is -0.116. The second-order valence-corrected chi connectivity index (χ2v) is 5.74. The van der Waals surface area contributed by atoms with Gasteiger partial charge in [-0.1, -0.05) is 39.5 Å². The largest absolute Gasteiger partial charge is 0.394 e. The maximum absolute atomic E-state index is 9.98. The summed E-state index contributed by atoms with van der Waals surface area (Å²) in [4.78, 5) is 0. The molecule has 1 saturated heterocycles. The quantitative estimate of drug-likeness (QED) is 0.496. The van der Waals surface area contributed by atoms with Crippen molar-refractivity contribution in [3.8, 4) is 0 Å². The molecular weight excluding hydrogens is 276 g/mol. The van der Waals surface area contributed by atoms with Gasteiger partial charge in [-0.3, -0.25) is 0 Å². The van der Waals surface area contributed by atoms with E-state index in [1.54, 1.807) is 0 Å². The van der Waals surface area contributed by atoms with E-state index < -0.39 is 37.3 Å². The lowest BCUT2D eigenvalue weighted by atomic mass is 9.99. The Labute approximate surface area is 126 Å². The van der Waals surface area contributed by atoms with Gasteiger partial charge in [-0.2, -0.15) is 0 Å². The summed E-state index contributed by atoms with van der Waals surface area (Å²) in [5.74, 6) is 0. The number of aliphatic hydroxyl groups is 4. The van der Waals surface area contributed by atoms with Gasteiger partial charge in [0.1, 0.15) is 24.4 Å². The number of aliphatic hydroxyl groups excluding tert-OH is 4. The number of hydrogen-bond acceptors (Lipinski definition) is 6. The molecule has 21 heavy (non-hydrogen) atoms. The molecule has 0 saturated carbocycles. The fraction of sp³-hybridized carbons (Fsp3) is 1.00. The van der Waals surface area contributed by atoms with Gasteiger partial charge in [0.25, 0.3) is 0 Å². The second-order valence-electron chi connectivity index (χ2n) is 5.74. The summed E-state index contributed by atoms with van der Waals surface area (Å²) in [6.45, 7) is 3.77. The summed E-state index contributed by atoms with van der Waals surface area (Å²) in [5.41, 5.74) is 0. The Kier molecular flexibility index (Phi) is 8.70. The van der Waals surface area contributed by atoms with Crippen molar-refractivity contribution in [1.29, 1.82) is 0 Å². The third kappa shape index (κ3) is 5.47. The monoisotopic (exact) mass is 306 g/mol. The highest BCUT2D eigenvalue weighted by Gasteiger charge is 2.44. The first kappa shape index (κ1) is 18.8. The fourth-order valence-corrected chi connectivity index (χ4v) is 2.51. The Balaban J connectivity index is 2.62. The third-order valence-corrected chi connectivity index (χ3v) is 3.93. The summed E-state index contributed by atoms with van der Waals surface area (Å²) < 4.78 is 11.2. The Morgan fingerprint density at radius 1 is 0.952 bits per heavy atom. The maximum atomic E-state index is 9.98. The van der Waals surface area contributed by atoms with Crippen molar-refractivity contribution in [2.24, 2.45) is 0 Å². The van der Waals surface area contributed by atoms with Crippen molar-refractivity contribution in [3.63, 3.8) is 0 Å². The van der Waals surface area contributed by atoms with Gasteiger partial charge >= 0.3 is 0 Å². The molecule has 6 nitrogen and oxygen atoms in total. The van der Waals surface area contributed by atoms with Crippen molar-refractivity contribution in [2.45, 2.75) is 89.2 Å². The molecule has 0 unspecified atom stereocenters. The Bertz CT molecular complexity index is 265. The minimum Gasteiger partial charge on any atom is -0.394 e. The highest BCUT2D eigenvalue weighted by atomic mass is 16.7. The van der Waals surface area contributed by atoms with Gasteiger partial charge in [0.05, 0.1) is 12.7 Å². The molecule has 5 atom stereocenters. The van der Waals surface area contributed by atoms with E-state index in [1.807, 2.05) is 0 Å². The van der Waals surface area contributed by atoms with Crippen LogP contribution < -0.4 is 0 Å². The van der Waals surface area contributed by atoms with Crippen LogP contribution in [0.3, 0.4) is 0 Å². The van der Waals surface area contributed by atoms with Crippen molar-refractivity contribution < 1.29 is 29.9 Å². The van der Waals surface area contributed by atoms with E-state index in [-0.39, 0.29) is 6.10 Å². The van der Waals surface area contributed by atoms with Crippen molar-refractivity contribution in [2.75, 3.05) is 6.61 Å². The van der Waals surface area contributed by atoms with E-state index in [1.165, 1.54) is 0 Å². The maximum Gasteiger partial charge on any atom is 0.186 e. The zero-order valence-corrected chi connectivity index (χ0v) is 13.0. The van der Waals surface area contributed by atoms with Crippen LogP contribution in [0, 0.1) is 0 Å². The Morgan fingerprint density at radius 2 is 1.52 bits per heavy atom. The molecular formula is C15H30O6. The molecule has 0 radical (unpaired) electrons. The van der Waals surface area contributed by atoms with Gasteiger partial charge in [0.2, 0.25) is 0 Å². The van der Waals surface area contributed by atoms with Gasteiger partial charge in [0, 0.05) is 0 Å². The molecule has 6 heteroatoms. The van der Waals surface area contributed by atoms with Crippen molar-refractivity contribution in [3.05, 3.63) is 0 Å². The van der Waals surface area contributed by atoms with Crippen LogP contribution in [0.25, 0.3) is 0 Å². The van der Waals surface area contributed by atoms with Crippen LogP contribution in [0.1, 0.15) is 52.4 Å². The predicted molar refractivity (Wildman–Crippen MR) is 77.7 cm³/mol. The van der Waals surface area contributed by atoms with Gasteiger partial charge in [0.15, 0.2) is 6.29 Å². The van der Waals surface area contributed by atoms with Crippen LogP contribution in [0.15, 0.2) is 0 Å². The Hall–Kier alpha value is -0.240. The summed E-state index contributed by atoms with van der Waals surface area (Å²) in [5, 5.41) is 38.7. The molecule has 0 amide bonds. The highest BCUT2D eigenvalue weighted by molar-refractivity contribution is 4.89. The predicted octanol–water partition coefficient (Wildman–Crippen LogP) is 0.552. The molecule has 1 heterocycles. The molecule has 0 bridgehead atoms. The van der Waals surface area contributed by atoms with E-state index in [2.05, 4.69) is 13.8 Å². The van der Waals surface area contributed by atoms with E-state index in [9.17, 15) is 15.3 Å². The molecule has 1 fully saturated rings. The topological polar surface area (TPSA) is 99.4 Å². The van der Waals surface area contributed by atoms with E-state index in [4.69, 9.17) is 14.6 Å². The smallest absolute Gasteiger partial charge is 0.186 e. The summed E-state index contributed by atoms with van der Waals surface area (Å²) in [7, 11) is 0. The fourth-order valence-electron chi connectivity index (χ4n) is 2.51. The number of hydrogen-bond donors (Lipinski definition) is 4. The average Bonchev–Trinajstić information content (AvgIpc) is 2.50. The van der Waals surface area contributed by atoms with E-state index >= 15 is 0 Å². The van der Waals surface area contributed by atoms with Crippen molar-refractivity contribution in [1.82, 2.24) is 0 Å². The van der Waals surface area contributed by atoms with Crippen LogP contribution in [0.4, 0.5) is 0 Å². The Morgan fingerprint density at radius 3 is 2.00 bits per heavy atom. The standard InChI is InChI=1S/C15H30O6/c1-3-5-7-10(8-6-4-2)20-15-14(19)13(18)12(17)11(9-16)21-15/h10-19H,3-9H2,1-2H3/t11-,12-,13+,14-,15-/m1/s1.